The minimum atomic E-state index is 0.710. The number of aromatic nitrogens is 1. The molecule has 1 aromatic rings. The van der Waals surface area contributed by atoms with Crippen LogP contribution < -0.4 is 11.1 Å². The monoisotopic (exact) mass is 239 g/mol. The molecular formula is C12H21N3S. The molecule has 0 amide bonds. The van der Waals surface area contributed by atoms with Crippen molar-refractivity contribution in [2.75, 3.05) is 18.4 Å². The van der Waals surface area contributed by atoms with Crippen LogP contribution in [0, 0.1) is 18.8 Å². The third-order valence-corrected chi connectivity index (χ3v) is 4.42. The molecular weight excluding hydrogens is 218 g/mol. The van der Waals surface area contributed by atoms with Crippen LogP contribution in [-0.4, -0.2) is 18.1 Å². The molecule has 3 nitrogen and oxygen atoms in total. The van der Waals surface area contributed by atoms with Gasteiger partial charge in [0.1, 0.15) is 0 Å². The summed E-state index contributed by atoms with van der Waals surface area (Å²) in [6.45, 7) is 3.91. The van der Waals surface area contributed by atoms with Gasteiger partial charge in [-0.25, -0.2) is 4.98 Å². The summed E-state index contributed by atoms with van der Waals surface area (Å²) in [5, 5.41) is 6.59. The van der Waals surface area contributed by atoms with Gasteiger partial charge in [0.15, 0.2) is 5.13 Å². The van der Waals surface area contributed by atoms with Crippen molar-refractivity contribution < 1.29 is 0 Å². The maximum Gasteiger partial charge on any atom is 0.182 e. The maximum atomic E-state index is 5.83. The van der Waals surface area contributed by atoms with E-state index in [-0.39, 0.29) is 0 Å². The Morgan fingerprint density at radius 2 is 2.19 bits per heavy atom. The molecule has 16 heavy (non-hydrogen) atoms. The van der Waals surface area contributed by atoms with E-state index in [4.69, 9.17) is 5.73 Å². The highest BCUT2D eigenvalue weighted by Gasteiger charge is 2.23. The second-order valence-electron chi connectivity index (χ2n) is 4.72. The number of thiazole rings is 1. The molecule has 0 aliphatic heterocycles. The third kappa shape index (κ3) is 2.95. The molecule has 3 N–H and O–H groups in total. The fourth-order valence-corrected chi connectivity index (χ4v) is 3.22. The third-order valence-electron chi connectivity index (χ3n) is 3.50. The largest absolute Gasteiger partial charge is 0.361 e. The lowest BCUT2D eigenvalue weighted by Crippen LogP contribution is -2.31. The van der Waals surface area contributed by atoms with Gasteiger partial charge >= 0.3 is 0 Å². The molecule has 2 unspecified atom stereocenters. The van der Waals surface area contributed by atoms with Gasteiger partial charge < -0.3 is 11.1 Å². The molecule has 1 heterocycles. The predicted octanol–water partition coefficient (Wildman–Crippen LogP) is 2.63. The average molecular weight is 239 g/mol. The first-order valence-corrected chi connectivity index (χ1v) is 7.03. The topological polar surface area (TPSA) is 50.9 Å². The Kier molecular flexibility index (Phi) is 4.18. The predicted molar refractivity (Wildman–Crippen MR) is 69.8 cm³/mol. The highest BCUT2D eigenvalue weighted by atomic mass is 32.1. The molecule has 2 rings (SSSR count). The van der Waals surface area contributed by atoms with Crippen molar-refractivity contribution in [3.05, 3.63) is 11.1 Å². The zero-order valence-corrected chi connectivity index (χ0v) is 10.7. The quantitative estimate of drug-likeness (QED) is 0.849. The van der Waals surface area contributed by atoms with E-state index in [1.807, 2.05) is 6.92 Å². The van der Waals surface area contributed by atoms with Crippen molar-refractivity contribution >= 4 is 16.5 Å². The van der Waals surface area contributed by atoms with Gasteiger partial charge in [-0.05, 0) is 38.1 Å². The van der Waals surface area contributed by atoms with E-state index in [9.17, 15) is 0 Å². The second kappa shape index (κ2) is 5.64. The number of aryl methyl sites for hydroxylation is 1. The van der Waals surface area contributed by atoms with Crippen LogP contribution in [0.3, 0.4) is 0 Å². The van der Waals surface area contributed by atoms with Crippen molar-refractivity contribution in [3.8, 4) is 0 Å². The Hall–Kier alpha value is -0.610. The Morgan fingerprint density at radius 3 is 2.81 bits per heavy atom. The van der Waals surface area contributed by atoms with Crippen molar-refractivity contribution in [2.24, 2.45) is 17.6 Å². The first kappa shape index (κ1) is 11.9. The van der Waals surface area contributed by atoms with E-state index in [0.717, 1.165) is 29.8 Å². The minimum Gasteiger partial charge on any atom is -0.361 e. The summed E-state index contributed by atoms with van der Waals surface area (Å²) in [4.78, 5) is 4.42. The molecule has 0 bridgehead atoms. The van der Waals surface area contributed by atoms with Crippen LogP contribution in [0.5, 0.6) is 0 Å². The molecule has 4 heteroatoms. The standard InChI is InChI=1S/C12H21N3S/c1-9-8-16-12(15-9)14-7-11-5-3-2-4-10(11)6-13/h8,10-11H,2-7,13H2,1H3,(H,14,15). The van der Waals surface area contributed by atoms with Gasteiger partial charge in [0.05, 0.1) is 5.69 Å². The van der Waals surface area contributed by atoms with Crippen LogP contribution in [0.1, 0.15) is 31.4 Å². The average Bonchev–Trinajstić information content (AvgIpc) is 2.73. The summed E-state index contributed by atoms with van der Waals surface area (Å²) in [6, 6.07) is 0. The number of nitrogens with two attached hydrogens (primary N) is 1. The number of nitrogens with one attached hydrogen (secondary N) is 1. The second-order valence-corrected chi connectivity index (χ2v) is 5.57. The zero-order valence-electron chi connectivity index (χ0n) is 9.91. The number of hydrogen-bond acceptors (Lipinski definition) is 4. The van der Waals surface area contributed by atoms with Gasteiger partial charge in [0.2, 0.25) is 0 Å². The van der Waals surface area contributed by atoms with Crippen LogP contribution in [0.2, 0.25) is 0 Å². The van der Waals surface area contributed by atoms with Crippen LogP contribution in [0.15, 0.2) is 5.38 Å². The van der Waals surface area contributed by atoms with Gasteiger partial charge in [-0.3, -0.25) is 0 Å². The lowest BCUT2D eigenvalue weighted by Gasteiger charge is -2.30. The molecule has 2 atom stereocenters. The van der Waals surface area contributed by atoms with Gasteiger partial charge in [0, 0.05) is 11.9 Å². The molecule has 90 valence electrons. The van der Waals surface area contributed by atoms with E-state index in [1.165, 1.54) is 25.7 Å². The van der Waals surface area contributed by atoms with Gasteiger partial charge in [-0.2, -0.15) is 0 Å². The minimum absolute atomic E-state index is 0.710. The molecule has 0 aromatic carbocycles. The van der Waals surface area contributed by atoms with E-state index >= 15 is 0 Å². The summed E-state index contributed by atoms with van der Waals surface area (Å²) >= 11 is 1.69. The Balaban J connectivity index is 1.84. The first-order valence-electron chi connectivity index (χ1n) is 6.15. The molecule has 0 spiro atoms. The maximum absolute atomic E-state index is 5.83. The molecule has 1 aromatic heterocycles. The normalized spacial score (nSPS) is 25.6. The molecule has 1 aliphatic carbocycles. The highest BCUT2D eigenvalue weighted by Crippen LogP contribution is 2.29. The lowest BCUT2D eigenvalue weighted by molar-refractivity contribution is 0.255. The number of hydrogen-bond donors (Lipinski definition) is 2. The van der Waals surface area contributed by atoms with Gasteiger partial charge in [-0.1, -0.05) is 12.8 Å². The first-order chi connectivity index (χ1) is 7.79. The van der Waals surface area contributed by atoms with Crippen molar-refractivity contribution in [1.29, 1.82) is 0 Å². The number of nitrogens with zero attached hydrogens (tertiary/aromatic N) is 1. The highest BCUT2D eigenvalue weighted by molar-refractivity contribution is 7.13. The summed E-state index contributed by atoms with van der Waals surface area (Å²) in [7, 11) is 0. The zero-order chi connectivity index (χ0) is 11.4. The van der Waals surface area contributed by atoms with Gasteiger partial charge in [-0.15, -0.1) is 11.3 Å². The van der Waals surface area contributed by atoms with Crippen LogP contribution >= 0.6 is 11.3 Å². The van der Waals surface area contributed by atoms with E-state index in [1.54, 1.807) is 11.3 Å². The Labute approximate surface area is 101 Å². The number of rotatable bonds is 4. The molecule has 1 saturated carbocycles. The SMILES string of the molecule is Cc1csc(NCC2CCCCC2CN)n1. The smallest absolute Gasteiger partial charge is 0.182 e. The lowest BCUT2D eigenvalue weighted by atomic mass is 9.79. The van der Waals surface area contributed by atoms with Gasteiger partial charge in [0.25, 0.3) is 0 Å². The van der Waals surface area contributed by atoms with Crippen molar-refractivity contribution in [2.45, 2.75) is 32.6 Å². The summed E-state index contributed by atoms with van der Waals surface area (Å²) in [5.74, 6) is 1.45. The molecule has 1 fully saturated rings. The summed E-state index contributed by atoms with van der Waals surface area (Å²) in [5.41, 5.74) is 6.93. The fourth-order valence-electron chi connectivity index (χ4n) is 2.52. The van der Waals surface area contributed by atoms with Crippen molar-refractivity contribution in [3.63, 3.8) is 0 Å². The number of anilines is 1. The van der Waals surface area contributed by atoms with E-state index in [0.29, 0.717) is 5.92 Å². The molecule has 0 radical (unpaired) electrons. The molecule has 1 aliphatic rings. The van der Waals surface area contributed by atoms with Crippen LogP contribution in [0.4, 0.5) is 5.13 Å². The van der Waals surface area contributed by atoms with Crippen LogP contribution in [-0.2, 0) is 0 Å². The van der Waals surface area contributed by atoms with E-state index in [2.05, 4.69) is 15.7 Å². The van der Waals surface area contributed by atoms with Crippen LogP contribution in [0.25, 0.3) is 0 Å². The summed E-state index contributed by atoms with van der Waals surface area (Å²) in [6.07, 6.45) is 5.34. The van der Waals surface area contributed by atoms with E-state index < -0.39 is 0 Å². The summed E-state index contributed by atoms with van der Waals surface area (Å²) < 4.78 is 0. The molecule has 0 saturated heterocycles. The van der Waals surface area contributed by atoms with Crippen molar-refractivity contribution in [1.82, 2.24) is 4.98 Å². The fraction of sp³-hybridized carbons (Fsp3) is 0.750. The Morgan fingerprint density at radius 1 is 1.44 bits per heavy atom. The Bertz CT molecular complexity index is 324.